The predicted molar refractivity (Wildman–Crippen MR) is 103 cm³/mol. The third-order valence-corrected chi connectivity index (χ3v) is 4.73. The van der Waals surface area contributed by atoms with Crippen LogP contribution in [0.3, 0.4) is 0 Å². The molecule has 130 valence electrons. The normalized spacial score (nSPS) is 14.2. The lowest BCUT2D eigenvalue weighted by Gasteiger charge is -2.36. The Kier molecular flexibility index (Phi) is 4.13. The molecule has 3 aromatic carbocycles. The van der Waals surface area contributed by atoms with Gasteiger partial charge in [0.1, 0.15) is 17.2 Å². The van der Waals surface area contributed by atoms with Crippen molar-refractivity contribution >= 4 is 6.08 Å². The molecule has 0 saturated heterocycles. The van der Waals surface area contributed by atoms with Gasteiger partial charge >= 0.3 is 0 Å². The summed E-state index contributed by atoms with van der Waals surface area (Å²) in [6, 6.07) is 24.1. The highest BCUT2D eigenvalue weighted by Crippen LogP contribution is 2.42. The van der Waals surface area contributed by atoms with Crippen molar-refractivity contribution in [3.05, 3.63) is 95.6 Å². The molecule has 0 radical (unpaired) electrons. The van der Waals surface area contributed by atoms with Gasteiger partial charge in [-0.2, -0.15) is 0 Å². The Morgan fingerprint density at radius 3 is 1.77 bits per heavy atom. The molecular formula is C23H20O3. The fraction of sp³-hybridized carbons (Fsp3) is 0.130. The zero-order valence-electron chi connectivity index (χ0n) is 14.8. The number of benzene rings is 3. The summed E-state index contributed by atoms with van der Waals surface area (Å²) in [5, 5.41) is 0. The summed E-state index contributed by atoms with van der Waals surface area (Å²) in [5.74, 6) is 2.50. The van der Waals surface area contributed by atoms with E-state index >= 15 is 0 Å². The van der Waals surface area contributed by atoms with Crippen LogP contribution in [0.1, 0.15) is 16.7 Å². The zero-order valence-corrected chi connectivity index (χ0v) is 14.8. The lowest BCUT2D eigenvalue weighted by Crippen LogP contribution is -2.34. The molecule has 0 spiro atoms. The van der Waals surface area contributed by atoms with Gasteiger partial charge in [-0.15, -0.1) is 0 Å². The van der Waals surface area contributed by atoms with Gasteiger partial charge in [0.2, 0.25) is 0 Å². The van der Waals surface area contributed by atoms with E-state index in [1.54, 1.807) is 14.2 Å². The average Bonchev–Trinajstić information content (AvgIpc) is 2.73. The molecule has 3 nitrogen and oxygen atoms in total. The van der Waals surface area contributed by atoms with E-state index in [-0.39, 0.29) is 0 Å². The maximum absolute atomic E-state index is 6.57. The highest BCUT2D eigenvalue weighted by Gasteiger charge is 2.37. The lowest BCUT2D eigenvalue weighted by atomic mass is 9.83. The molecule has 3 aromatic rings. The number of rotatable bonds is 4. The number of fused-ring (bicyclic) bond motifs is 1. The van der Waals surface area contributed by atoms with Crippen molar-refractivity contribution < 1.29 is 14.2 Å². The van der Waals surface area contributed by atoms with E-state index in [0.717, 1.165) is 33.9 Å². The molecule has 0 aliphatic carbocycles. The minimum atomic E-state index is -0.701. The van der Waals surface area contributed by atoms with Gasteiger partial charge in [-0.25, -0.2) is 0 Å². The van der Waals surface area contributed by atoms with Gasteiger partial charge in [-0.05, 0) is 36.4 Å². The summed E-state index contributed by atoms with van der Waals surface area (Å²) in [6.45, 7) is 0. The molecule has 0 aromatic heterocycles. The lowest BCUT2D eigenvalue weighted by molar-refractivity contribution is 0.161. The predicted octanol–water partition coefficient (Wildman–Crippen LogP) is 5.05. The molecule has 1 aliphatic heterocycles. The highest BCUT2D eigenvalue weighted by molar-refractivity contribution is 5.64. The van der Waals surface area contributed by atoms with Crippen molar-refractivity contribution in [2.75, 3.05) is 14.2 Å². The van der Waals surface area contributed by atoms with Crippen LogP contribution in [0.15, 0.2) is 78.9 Å². The summed E-state index contributed by atoms with van der Waals surface area (Å²) >= 11 is 0. The van der Waals surface area contributed by atoms with E-state index in [9.17, 15) is 0 Å². The maximum atomic E-state index is 6.57. The highest BCUT2D eigenvalue weighted by atomic mass is 16.5. The Bertz CT molecular complexity index is 877. The van der Waals surface area contributed by atoms with Crippen molar-refractivity contribution in [3.63, 3.8) is 0 Å². The van der Waals surface area contributed by atoms with Crippen LogP contribution < -0.4 is 14.2 Å². The molecule has 26 heavy (non-hydrogen) atoms. The van der Waals surface area contributed by atoms with Crippen LogP contribution in [0.5, 0.6) is 17.2 Å². The smallest absolute Gasteiger partial charge is 0.178 e. The summed E-state index contributed by atoms with van der Waals surface area (Å²) in [4.78, 5) is 0. The third-order valence-electron chi connectivity index (χ3n) is 4.73. The molecule has 0 N–H and O–H groups in total. The number of para-hydroxylation sites is 1. The maximum Gasteiger partial charge on any atom is 0.178 e. The molecule has 3 heteroatoms. The minimum Gasteiger partial charge on any atom is -0.497 e. The van der Waals surface area contributed by atoms with Crippen molar-refractivity contribution in [3.8, 4) is 17.2 Å². The third kappa shape index (κ3) is 2.72. The fourth-order valence-electron chi connectivity index (χ4n) is 3.28. The first-order valence-electron chi connectivity index (χ1n) is 8.51. The minimum absolute atomic E-state index is 0.701. The van der Waals surface area contributed by atoms with Crippen LogP contribution >= 0.6 is 0 Å². The summed E-state index contributed by atoms with van der Waals surface area (Å²) in [7, 11) is 3.34. The Morgan fingerprint density at radius 1 is 0.692 bits per heavy atom. The summed E-state index contributed by atoms with van der Waals surface area (Å²) < 4.78 is 17.2. The van der Waals surface area contributed by atoms with Crippen LogP contribution in [-0.2, 0) is 5.60 Å². The van der Waals surface area contributed by atoms with E-state index in [4.69, 9.17) is 14.2 Å². The van der Waals surface area contributed by atoms with Gasteiger partial charge in [0.15, 0.2) is 5.60 Å². The van der Waals surface area contributed by atoms with Crippen molar-refractivity contribution in [2.45, 2.75) is 5.60 Å². The van der Waals surface area contributed by atoms with Gasteiger partial charge in [0, 0.05) is 16.7 Å². The zero-order chi connectivity index (χ0) is 18.0. The number of hydrogen-bond acceptors (Lipinski definition) is 3. The Balaban J connectivity index is 1.86. The molecule has 1 aliphatic rings. The molecule has 0 amide bonds. The standard InChI is InChI=1S/C23H20O3/c1-24-20-11-7-18(8-12-20)23(19-9-13-21(25-2)14-10-19)16-15-17-5-3-4-6-22(17)26-23/h3-16H,1-2H3. The molecule has 0 bridgehead atoms. The first-order valence-corrected chi connectivity index (χ1v) is 8.51. The second kappa shape index (κ2) is 6.60. The monoisotopic (exact) mass is 344 g/mol. The molecule has 0 fully saturated rings. The van der Waals surface area contributed by atoms with Crippen molar-refractivity contribution in [1.82, 2.24) is 0 Å². The molecular weight excluding hydrogens is 324 g/mol. The molecule has 0 saturated carbocycles. The van der Waals surface area contributed by atoms with Gasteiger partial charge in [-0.1, -0.05) is 48.5 Å². The van der Waals surface area contributed by atoms with E-state index in [2.05, 4.69) is 18.2 Å². The largest absolute Gasteiger partial charge is 0.497 e. The van der Waals surface area contributed by atoms with Crippen LogP contribution in [0.2, 0.25) is 0 Å². The van der Waals surface area contributed by atoms with Gasteiger partial charge < -0.3 is 14.2 Å². The van der Waals surface area contributed by atoms with Gasteiger partial charge in [0.25, 0.3) is 0 Å². The average molecular weight is 344 g/mol. The Morgan fingerprint density at radius 2 is 1.23 bits per heavy atom. The summed E-state index contributed by atoms with van der Waals surface area (Å²) in [5.41, 5.74) is 2.45. The first kappa shape index (κ1) is 16.3. The van der Waals surface area contributed by atoms with E-state index in [0.29, 0.717) is 0 Å². The van der Waals surface area contributed by atoms with Crippen molar-refractivity contribution in [1.29, 1.82) is 0 Å². The number of methoxy groups -OCH3 is 2. The fourth-order valence-corrected chi connectivity index (χ4v) is 3.28. The molecule has 0 atom stereocenters. The van der Waals surface area contributed by atoms with Crippen LogP contribution in [-0.4, -0.2) is 14.2 Å². The van der Waals surface area contributed by atoms with Crippen molar-refractivity contribution in [2.24, 2.45) is 0 Å². The quantitative estimate of drug-likeness (QED) is 0.662. The van der Waals surface area contributed by atoms with E-state index in [1.807, 2.05) is 66.7 Å². The molecule has 0 unspecified atom stereocenters. The van der Waals surface area contributed by atoms with Crippen LogP contribution in [0.25, 0.3) is 6.08 Å². The Hall–Kier alpha value is -3.20. The van der Waals surface area contributed by atoms with Crippen LogP contribution in [0.4, 0.5) is 0 Å². The van der Waals surface area contributed by atoms with Gasteiger partial charge in [0.05, 0.1) is 14.2 Å². The molecule has 4 rings (SSSR count). The molecule has 1 heterocycles. The second-order valence-electron chi connectivity index (χ2n) is 6.17. The Labute approximate surface area is 153 Å². The van der Waals surface area contributed by atoms with Gasteiger partial charge in [-0.3, -0.25) is 0 Å². The van der Waals surface area contributed by atoms with E-state index in [1.165, 1.54) is 0 Å². The SMILES string of the molecule is COc1ccc(C2(c3ccc(OC)cc3)C=Cc3ccccc3O2)cc1. The topological polar surface area (TPSA) is 27.7 Å². The van der Waals surface area contributed by atoms with Crippen LogP contribution in [0, 0.1) is 0 Å². The second-order valence-corrected chi connectivity index (χ2v) is 6.17. The summed E-state index contributed by atoms with van der Waals surface area (Å²) in [6.07, 6.45) is 4.23. The number of ether oxygens (including phenoxy) is 3. The van der Waals surface area contributed by atoms with E-state index < -0.39 is 5.60 Å². The number of hydrogen-bond donors (Lipinski definition) is 0. The first-order chi connectivity index (χ1) is 12.7.